The lowest BCUT2D eigenvalue weighted by Crippen LogP contribution is -2.23. The van der Waals surface area contributed by atoms with Crippen LogP contribution >= 0.6 is 0 Å². The zero-order chi connectivity index (χ0) is 15.6. The van der Waals surface area contributed by atoms with E-state index >= 15 is 0 Å². The summed E-state index contributed by atoms with van der Waals surface area (Å²) in [4.78, 5) is 2.40. The van der Waals surface area contributed by atoms with Crippen molar-refractivity contribution in [3.05, 3.63) is 54.6 Å². The summed E-state index contributed by atoms with van der Waals surface area (Å²) in [5.74, 6) is 1.09. The molecule has 0 aliphatic rings. The number of para-hydroxylation sites is 1. The number of hydrogen-bond acceptors (Lipinski definition) is 3. The van der Waals surface area contributed by atoms with Crippen LogP contribution in [0.5, 0.6) is 11.5 Å². The number of unbranched alkanes of at least 4 members (excludes halogenated alkanes) is 2. The van der Waals surface area contributed by atoms with Crippen LogP contribution in [0, 0.1) is 0 Å². The van der Waals surface area contributed by atoms with Crippen molar-refractivity contribution in [2.75, 3.05) is 24.6 Å². The second-order valence-electron chi connectivity index (χ2n) is 5.32. The van der Waals surface area contributed by atoms with Gasteiger partial charge >= 0.3 is 0 Å². The van der Waals surface area contributed by atoms with Crippen molar-refractivity contribution in [2.45, 2.75) is 26.2 Å². The van der Waals surface area contributed by atoms with Gasteiger partial charge in [-0.25, -0.2) is 0 Å². The molecular formula is C19H25NO2. The third-order valence-electron chi connectivity index (χ3n) is 3.68. The molecule has 3 nitrogen and oxygen atoms in total. The van der Waals surface area contributed by atoms with Crippen molar-refractivity contribution in [2.24, 2.45) is 0 Å². The van der Waals surface area contributed by atoms with Crippen LogP contribution in [-0.4, -0.2) is 24.8 Å². The highest BCUT2D eigenvalue weighted by Gasteiger charge is 2.02. The van der Waals surface area contributed by atoms with Crippen molar-refractivity contribution in [3.8, 4) is 11.5 Å². The summed E-state index contributed by atoms with van der Waals surface area (Å²) in [5, 5.41) is 9.21. The SMILES string of the molecule is CCN(CCCCCOc1ccc(O)cc1)c1ccccc1. The monoisotopic (exact) mass is 299 g/mol. The van der Waals surface area contributed by atoms with E-state index < -0.39 is 0 Å². The maximum atomic E-state index is 9.21. The predicted molar refractivity (Wildman–Crippen MR) is 91.8 cm³/mol. The number of hydrogen-bond donors (Lipinski definition) is 1. The average Bonchev–Trinajstić information content (AvgIpc) is 2.57. The number of rotatable bonds is 9. The highest BCUT2D eigenvalue weighted by Crippen LogP contribution is 2.17. The molecule has 0 saturated carbocycles. The number of ether oxygens (including phenoxy) is 1. The minimum atomic E-state index is 0.271. The number of benzene rings is 2. The Bertz CT molecular complexity index is 525. The van der Waals surface area contributed by atoms with E-state index in [0.29, 0.717) is 0 Å². The quantitative estimate of drug-likeness (QED) is 0.694. The van der Waals surface area contributed by atoms with E-state index in [1.807, 2.05) is 0 Å². The lowest BCUT2D eigenvalue weighted by atomic mass is 10.2. The summed E-state index contributed by atoms with van der Waals surface area (Å²) in [6.45, 7) is 5.04. The van der Waals surface area contributed by atoms with E-state index in [4.69, 9.17) is 4.74 Å². The second-order valence-corrected chi connectivity index (χ2v) is 5.32. The van der Waals surface area contributed by atoms with Gasteiger partial charge in [0.05, 0.1) is 6.61 Å². The van der Waals surface area contributed by atoms with Crippen LogP contribution in [0.15, 0.2) is 54.6 Å². The van der Waals surface area contributed by atoms with Crippen LogP contribution in [0.1, 0.15) is 26.2 Å². The fourth-order valence-corrected chi connectivity index (χ4v) is 2.42. The summed E-state index contributed by atoms with van der Waals surface area (Å²) < 4.78 is 5.65. The summed E-state index contributed by atoms with van der Waals surface area (Å²) in [6, 6.07) is 17.4. The molecular weight excluding hydrogens is 274 g/mol. The molecule has 2 aromatic rings. The Labute approximate surface area is 133 Å². The van der Waals surface area contributed by atoms with Gasteiger partial charge in [0.25, 0.3) is 0 Å². The van der Waals surface area contributed by atoms with Gasteiger partial charge in [0.2, 0.25) is 0 Å². The third kappa shape index (κ3) is 5.32. The first-order valence-corrected chi connectivity index (χ1v) is 8.01. The Morgan fingerprint density at radius 2 is 1.64 bits per heavy atom. The summed E-state index contributed by atoms with van der Waals surface area (Å²) >= 11 is 0. The molecule has 0 atom stereocenters. The van der Waals surface area contributed by atoms with Gasteiger partial charge in [-0.1, -0.05) is 18.2 Å². The van der Waals surface area contributed by atoms with Crippen LogP contribution < -0.4 is 9.64 Å². The lowest BCUT2D eigenvalue weighted by Gasteiger charge is -2.23. The summed E-state index contributed by atoms with van der Waals surface area (Å²) in [5.41, 5.74) is 1.30. The van der Waals surface area contributed by atoms with Gasteiger partial charge in [-0.05, 0) is 62.6 Å². The Hall–Kier alpha value is -2.16. The topological polar surface area (TPSA) is 32.7 Å². The third-order valence-corrected chi connectivity index (χ3v) is 3.68. The van der Waals surface area contributed by atoms with Gasteiger partial charge in [0.15, 0.2) is 0 Å². The molecule has 0 heterocycles. The molecule has 0 spiro atoms. The summed E-state index contributed by atoms with van der Waals surface area (Å²) in [7, 11) is 0. The van der Waals surface area contributed by atoms with Crippen LogP contribution in [0.4, 0.5) is 5.69 Å². The van der Waals surface area contributed by atoms with Crippen LogP contribution in [0.3, 0.4) is 0 Å². The Kier molecular flexibility index (Phi) is 6.62. The predicted octanol–water partition coefficient (Wildman–Crippen LogP) is 4.47. The highest BCUT2D eigenvalue weighted by atomic mass is 16.5. The fourth-order valence-electron chi connectivity index (χ4n) is 2.42. The molecule has 0 radical (unpaired) electrons. The molecule has 0 fully saturated rings. The summed E-state index contributed by atoms with van der Waals surface area (Å²) in [6.07, 6.45) is 3.37. The first-order chi connectivity index (χ1) is 10.8. The molecule has 118 valence electrons. The smallest absolute Gasteiger partial charge is 0.119 e. The highest BCUT2D eigenvalue weighted by molar-refractivity contribution is 5.45. The maximum absolute atomic E-state index is 9.21. The van der Waals surface area contributed by atoms with Crippen LogP contribution in [0.2, 0.25) is 0 Å². The number of phenols is 1. The first kappa shape index (κ1) is 16.2. The fraction of sp³-hybridized carbons (Fsp3) is 0.368. The standard InChI is InChI=1S/C19H25NO2/c1-2-20(17-9-5-3-6-10-17)15-7-4-8-16-22-19-13-11-18(21)12-14-19/h3,5-6,9-14,21H,2,4,7-8,15-16H2,1H3. The van der Waals surface area contributed by atoms with Gasteiger partial charge in [-0.3, -0.25) is 0 Å². The molecule has 0 saturated heterocycles. The van der Waals surface area contributed by atoms with Crippen molar-refractivity contribution in [1.29, 1.82) is 0 Å². The molecule has 1 N–H and O–H groups in total. The average molecular weight is 299 g/mol. The van der Waals surface area contributed by atoms with Crippen molar-refractivity contribution in [1.82, 2.24) is 0 Å². The van der Waals surface area contributed by atoms with Gasteiger partial charge in [0, 0.05) is 18.8 Å². The molecule has 0 aliphatic heterocycles. The molecule has 0 bridgehead atoms. The van der Waals surface area contributed by atoms with Crippen LogP contribution in [-0.2, 0) is 0 Å². The van der Waals surface area contributed by atoms with Crippen molar-refractivity contribution in [3.63, 3.8) is 0 Å². The van der Waals surface area contributed by atoms with Gasteiger partial charge < -0.3 is 14.7 Å². The molecule has 0 unspecified atom stereocenters. The lowest BCUT2D eigenvalue weighted by molar-refractivity contribution is 0.305. The van der Waals surface area contributed by atoms with Crippen LogP contribution in [0.25, 0.3) is 0 Å². The van der Waals surface area contributed by atoms with E-state index in [-0.39, 0.29) is 5.75 Å². The molecule has 22 heavy (non-hydrogen) atoms. The molecule has 3 heteroatoms. The van der Waals surface area contributed by atoms with E-state index in [0.717, 1.165) is 38.3 Å². The molecule has 0 aromatic heterocycles. The number of anilines is 1. The Morgan fingerprint density at radius 1 is 0.909 bits per heavy atom. The Morgan fingerprint density at radius 3 is 2.32 bits per heavy atom. The van der Waals surface area contributed by atoms with E-state index in [9.17, 15) is 5.11 Å². The zero-order valence-corrected chi connectivity index (χ0v) is 13.2. The van der Waals surface area contributed by atoms with Gasteiger partial charge in [-0.15, -0.1) is 0 Å². The number of aromatic hydroxyl groups is 1. The van der Waals surface area contributed by atoms with Gasteiger partial charge in [0.1, 0.15) is 11.5 Å². The van der Waals surface area contributed by atoms with E-state index in [1.165, 1.54) is 12.1 Å². The minimum Gasteiger partial charge on any atom is -0.508 e. The molecule has 0 amide bonds. The van der Waals surface area contributed by atoms with Crippen molar-refractivity contribution < 1.29 is 9.84 Å². The van der Waals surface area contributed by atoms with Crippen molar-refractivity contribution >= 4 is 5.69 Å². The second kappa shape index (κ2) is 8.98. The first-order valence-electron chi connectivity index (χ1n) is 8.01. The largest absolute Gasteiger partial charge is 0.508 e. The van der Waals surface area contributed by atoms with E-state index in [2.05, 4.69) is 42.2 Å². The zero-order valence-electron chi connectivity index (χ0n) is 13.2. The van der Waals surface area contributed by atoms with Gasteiger partial charge in [-0.2, -0.15) is 0 Å². The maximum Gasteiger partial charge on any atom is 0.119 e. The normalized spacial score (nSPS) is 10.4. The molecule has 0 aliphatic carbocycles. The Balaban J connectivity index is 1.61. The molecule has 2 rings (SSSR count). The number of phenolic OH excluding ortho intramolecular Hbond substituents is 1. The number of nitrogens with zero attached hydrogens (tertiary/aromatic N) is 1. The van der Waals surface area contributed by atoms with E-state index in [1.54, 1.807) is 24.3 Å². The molecule has 2 aromatic carbocycles. The minimum absolute atomic E-state index is 0.271.